The number of fused-ring (bicyclic) bond motifs is 1. The lowest BCUT2D eigenvalue weighted by Gasteiger charge is -2.47. The van der Waals surface area contributed by atoms with Gasteiger partial charge in [-0.1, -0.05) is 27.2 Å². The van der Waals surface area contributed by atoms with Crippen LogP contribution in [0.2, 0.25) is 0 Å². The highest BCUT2D eigenvalue weighted by atomic mass is 16.7. The molecule has 0 aromatic heterocycles. The Bertz CT molecular complexity index is 325. The minimum Gasteiger partial charge on any atom is -0.292 e. The zero-order valence-electron chi connectivity index (χ0n) is 14.0. The first-order valence-electron chi connectivity index (χ1n) is 8.17. The van der Waals surface area contributed by atoms with E-state index in [1.165, 1.54) is 25.7 Å². The summed E-state index contributed by atoms with van der Waals surface area (Å²) in [6.45, 7) is 16.3. The Kier molecular flexibility index (Phi) is 4.06. The summed E-state index contributed by atoms with van der Waals surface area (Å²) in [7, 11) is 0. The summed E-state index contributed by atoms with van der Waals surface area (Å²) in [5.41, 5.74) is 0.515. The van der Waals surface area contributed by atoms with Crippen LogP contribution in [0.1, 0.15) is 74.1 Å². The smallest absolute Gasteiger partial charge is 0.0888 e. The van der Waals surface area contributed by atoms with Crippen molar-refractivity contribution in [1.29, 1.82) is 0 Å². The van der Waals surface area contributed by atoms with Crippen LogP contribution >= 0.6 is 0 Å². The molecule has 19 heavy (non-hydrogen) atoms. The van der Waals surface area contributed by atoms with E-state index < -0.39 is 0 Å². The Labute approximate surface area is 119 Å². The van der Waals surface area contributed by atoms with Gasteiger partial charge in [-0.3, -0.25) is 4.84 Å². The third-order valence-electron chi connectivity index (χ3n) is 5.41. The summed E-state index contributed by atoms with van der Waals surface area (Å²) < 4.78 is 0. The fourth-order valence-electron chi connectivity index (χ4n) is 4.77. The van der Waals surface area contributed by atoms with Gasteiger partial charge in [-0.05, 0) is 58.3 Å². The van der Waals surface area contributed by atoms with Crippen LogP contribution in [0.25, 0.3) is 0 Å². The van der Waals surface area contributed by atoms with Crippen LogP contribution in [-0.2, 0) is 4.84 Å². The Balaban J connectivity index is 2.26. The molecule has 4 atom stereocenters. The van der Waals surface area contributed by atoms with Crippen molar-refractivity contribution >= 4 is 0 Å². The number of hydrogen-bond acceptors (Lipinski definition) is 2. The summed E-state index contributed by atoms with van der Waals surface area (Å²) >= 11 is 0. The monoisotopic (exact) mass is 267 g/mol. The Morgan fingerprint density at radius 2 is 1.84 bits per heavy atom. The summed E-state index contributed by atoms with van der Waals surface area (Å²) in [4.78, 5) is 6.33. The van der Waals surface area contributed by atoms with E-state index in [1.54, 1.807) is 0 Å². The molecule has 2 rings (SSSR count). The molecule has 112 valence electrons. The normalized spacial score (nSPS) is 42.6. The second kappa shape index (κ2) is 5.04. The van der Waals surface area contributed by atoms with Crippen LogP contribution in [0.4, 0.5) is 0 Å². The molecule has 0 N–H and O–H groups in total. The van der Waals surface area contributed by atoms with Crippen molar-refractivity contribution in [2.45, 2.75) is 91.8 Å². The van der Waals surface area contributed by atoms with Crippen molar-refractivity contribution in [3.05, 3.63) is 0 Å². The predicted molar refractivity (Wildman–Crippen MR) is 80.8 cm³/mol. The van der Waals surface area contributed by atoms with Crippen molar-refractivity contribution in [1.82, 2.24) is 5.06 Å². The first kappa shape index (κ1) is 15.3. The van der Waals surface area contributed by atoms with Crippen LogP contribution in [0, 0.1) is 17.3 Å². The molecule has 0 aromatic carbocycles. The lowest BCUT2D eigenvalue weighted by Crippen LogP contribution is -2.48. The molecule has 0 unspecified atom stereocenters. The largest absolute Gasteiger partial charge is 0.292 e. The predicted octanol–water partition coefficient (Wildman–Crippen LogP) is 4.64. The quantitative estimate of drug-likeness (QED) is 0.738. The Morgan fingerprint density at radius 1 is 1.21 bits per heavy atom. The van der Waals surface area contributed by atoms with Gasteiger partial charge in [0.15, 0.2) is 0 Å². The third kappa shape index (κ3) is 2.71. The highest BCUT2D eigenvalue weighted by Gasteiger charge is 2.56. The maximum Gasteiger partial charge on any atom is 0.0888 e. The van der Waals surface area contributed by atoms with Crippen molar-refractivity contribution in [3.63, 3.8) is 0 Å². The lowest BCUT2D eigenvalue weighted by molar-refractivity contribution is -0.215. The average molecular weight is 267 g/mol. The minimum absolute atomic E-state index is 0.00137. The van der Waals surface area contributed by atoms with Crippen molar-refractivity contribution in [3.8, 4) is 0 Å². The van der Waals surface area contributed by atoms with Crippen LogP contribution in [-0.4, -0.2) is 22.7 Å². The van der Waals surface area contributed by atoms with E-state index in [0.29, 0.717) is 23.4 Å². The molecule has 0 aromatic rings. The maximum absolute atomic E-state index is 6.33. The average Bonchev–Trinajstić information content (AvgIpc) is 2.51. The fraction of sp³-hybridized carbons (Fsp3) is 1.00. The van der Waals surface area contributed by atoms with Crippen molar-refractivity contribution in [2.24, 2.45) is 17.3 Å². The van der Waals surface area contributed by atoms with E-state index >= 15 is 0 Å². The molecule has 0 amide bonds. The molecule has 2 fully saturated rings. The van der Waals surface area contributed by atoms with Gasteiger partial charge in [0, 0.05) is 18.0 Å². The van der Waals surface area contributed by atoms with Crippen LogP contribution in [0.5, 0.6) is 0 Å². The van der Waals surface area contributed by atoms with Crippen LogP contribution in [0.15, 0.2) is 0 Å². The van der Waals surface area contributed by atoms with Gasteiger partial charge >= 0.3 is 0 Å². The van der Waals surface area contributed by atoms with E-state index in [1.807, 2.05) is 0 Å². The number of rotatable bonds is 3. The van der Waals surface area contributed by atoms with Crippen molar-refractivity contribution in [2.75, 3.05) is 0 Å². The summed E-state index contributed by atoms with van der Waals surface area (Å²) in [6, 6.07) is 1.09. The number of hydrogen-bond donors (Lipinski definition) is 0. The van der Waals surface area contributed by atoms with Gasteiger partial charge in [-0.25, -0.2) is 0 Å². The molecule has 2 aliphatic rings. The van der Waals surface area contributed by atoms with E-state index in [4.69, 9.17) is 4.84 Å². The third-order valence-corrected chi connectivity index (χ3v) is 5.41. The van der Waals surface area contributed by atoms with Crippen LogP contribution < -0.4 is 0 Å². The highest BCUT2D eigenvalue weighted by molar-refractivity contribution is 5.03. The van der Waals surface area contributed by atoms with Gasteiger partial charge < -0.3 is 0 Å². The van der Waals surface area contributed by atoms with Gasteiger partial charge in [0.05, 0.1) is 5.60 Å². The molecule has 1 aliphatic heterocycles. The SMILES string of the molecule is CCC[C@@]1(C)C[C@@H]2[C@@H]([C@@H](C)C1)N(C(C)C)OC2(C)C. The molecule has 2 nitrogen and oxygen atoms in total. The molecular weight excluding hydrogens is 234 g/mol. The molecule has 1 heterocycles. The lowest BCUT2D eigenvalue weighted by atomic mass is 9.60. The molecular formula is C17H33NO. The zero-order chi connectivity index (χ0) is 14.4. The summed E-state index contributed by atoms with van der Waals surface area (Å²) in [5, 5.41) is 2.31. The molecule has 0 radical (unpaired) electrons. The summed E-state index contributed by atoms with van der Waals surface area (Å²) in [5.74, 6) is 1.41. The molecule has 1 saturated carbocycles. The molecule has 1 aliphatic carbocycles. The molecule has 0 bridgehead atoms. The molecule has 2 heteroatoms. The first-order chi connectivity index (χ1) is 8.70. The van der Waals surface area contributed by atoms with Gasteiger partial charge in [-0.2, -0.15) is 5.06 Å². The number of nitrogens with zero attached hydrogens (tertiary/aromatic N) is 1. The van der Waals surface area contributed by atoms with Gasteiger partial charge in [0.1, 0.15) is 0 Å². The highest BCUT2D eigenvalue weighted by Crippen LogP contribution is 2.54. The second-order valence-electron chi connectivity index (χ2n) is 8.19. The van der Waals surface area contributed by atoms with Gasteiger partial charge in [0.2, 0.25) is 0 Å². The maximum atomic E-state index is 6.33. The van der Waals surface area contributed by atoms with Crippen molar-refractivity contribution < 1.29 is 4.84 Å². The topological polar surface area (TPSA) is 12.5 Å². The second-order valence-corrected chi connectivity index (χ2v) is 8.19. The number of hydroxylamine groups is 2. The van der Waals surface area contributed by atoms with E-state index in [9.17, 15) is 0 Å². The van der Waals surface area contributed by atoms with Crippen LogP contribution in [0.3, 0.4) is 0 Å². The van der Waals surface area contributed by atoms with E-state index in [2.05, 4.69) is 53.5 Å². The van der Waals surface area contributed by atoms with Gasteiger partial charge in [0.25, 0.3) is 0 Å². The Morgan fingerprint density at radius 3 is 2.37 bits per heavy atom. The minimum atomic E-state index is -0.00137. The van der Waals surface area contributed by atoms with E-state index in [-0.39, 0.29) is 5.60 Å². The Hall–Kier alpha value is -0.0800. The fourth-order valence-corrected chi connectivity index (χ4v) is 4.77. The standard InChI is InChI=1S/C17H33NO/c1-8-9-17(7)10-13(4)15-14(11-17)16(5,6)19-18(15)12(2)3/h12-15H,8-11H2,1-7H3/t13-,14+,15+,17+/m0/s1. The summed E-state index contributed by atoms with van der Waals surface area (Å²) in [6.07, 6.45) is 5.34. The molecule has 0 spiro atoms. The van der Waals surface area contributed by atoms with E-state index in [0.717, 1.165) is 5.92 Å². The first-order valence-corrected chi connectivity index (χ1v) is 8.17. The molecule has 1 saturated heterocycles. The van der Waals surface area contributed by atoms with Gasteiger partial charge in [-0.15, -0.1) is 0 Å². The zero-order valence-corrected chi connectivity index (χ0v) is 14.0.